The van der Waals surface area contributed by atoms with Crippen LogP contribution < -0.4 is 14.8 Å². The predicted molar refractivity (Wildman–Crippen MR) is 193 cm³/mol. The van der Waals surface area contributed by atoms with Gasteiger partial charge < -0.3 is 14.8 Å². The van der Waals surface area contributed by atoms with E-state index < -0.39 is 17.4 Å². The first-order valence-electron chi connectivity index (χ1n) is 17.7. The van der Waals surface area contributed by atoms with Crippen LogP contribution in [0.4, 0.5) is 0 Å². The molecule has 3 fully saturated rings. The molecule has 0 bridgehead atoms. The molecule has 0 saturated heterocycles. The molecule has 1 N–H and O–H groups in total. The van der Waals surface area contributed by atoms with E-state index in [2.05, 4.69) is 46.0 Å². The number of benzene rings is 2. The van der Waals surface area contributed by atoms with Gasteiger partial charge in [-0.1, -0.05) is 81.4 Å². The Morgan fingerprint density at radius 1 is 0.837 bits per heavy atom. The van der Waals surface area contributed by atoms with Gasteiger partial charge in [-0.3, -0.25) is 19.2 Å². The van der Waals surface area contributed by atoms with Gasteiger partial charge in [0.2, 0.25) is 11.0 Å². The van der Waals surface area contributed by atoms with Gasteiger partial charge in [0.25, 0.3) is 0 Å². The van der Waals surface area contributed by atoms with E-state index in [1.165, 1.54) is 31.2 Å². The summed E-state index contributed by atoms with van der Waals surface area (Å²) in [6.45, 7) is 18.1. The number of ether oxygens (including phenoxy) is 2. The van der Waals surface area contributed by atoms with Crippen molar-refractivity contribution in [1.82, 2.24) is 5.32 Å². The zero-order chi connectivity index (χ0) is 35.7. The Hall–Kier alpha value is -3.39. The summed E-state index contributed by atoms with van der Waals surface area (Å²) in [6.07, 6.45) is 9.32. The highest BCUT2D eigenvalue weighted by Crippen LogP contribution is 2.75. The standard InChI is InChI=1S/C41H51NO6S/c1-24-34-29(21-30(47-26(3)44)35(24)48-27(4)45)39(7)18-20-41(9)33-23-38(6,42-25(2)43)17-15-37(33,5)16-19-40(41,8)32(39)22-31(34)49-36(46)28-13-11-10-12-14-28/h10-14,21-22,31,33H,15-20,23H2,1-9H3,(H,42,43)/t31?,33-,37-,38-,39+,40-,41+/m1/s1. The highest BCUT2D eigenvalue weighted by atomic mass is 32.2. The fourth-order valence-corrected chi connectivity index (χ4v) is 11.7. The van der Waals surface area contributed by atoms with Crippen LogP contribution in [-0.2, 0) is 19.8 Å². The number of rotatable bonds is 5. The largest absolute Gasteiger partial charge is 0.423 e. The molecule has 0 radical (unpaired) electrons. The highest BCUT2D eigenvalue weighted by Gasteiger charge is 2.67. The fourth-order valence-electron chi connectivity index (χ4n) is 10.6. The van der Waals surface area contributed by atoms with E-state index in [0.717, 1.165) is 56.1 Å². The third-order valence-corrected chi connectivity index (χ3v) is 14.3. The molecule has 7 atom stereocenters. The molecule has 4 aliphatic carbocycles. The molecule has 262 valence electrons. The fraction of sp³-hybridized carbons (Fsp3) is 0.561. The number of carbonyl (C=O) groups is 4. The molecular formula is C41H51NO6S. The van der Waals surface area contributed by atoms with Crippen LogP contribution in [0.25, 0.3) is 0 Å². The second-order valence-electron chi connectivity index (χ2n) is 16.5. The third-order valence-electron chi connectivity index (χ3n) is 13.3. The Morgan fingerprint density at radius 2 is 1.49 bits per heavy atom. The molecule has 7 nitrogen and oxygen atoms in total. The van der Waals surface area contributed by atoms with Crippen LogP contribution in [0.15, 0.2) is 48.0 Å². The van der Waals surface area contributed by atoms with Gasteiger partial charge in [0.1, 0.15) is 0 Å². The first-order valence-corrected chi connectivity index (χ1v) is 18.6. The van der Waals surface area contributed by atoms with Gasteiger partial charge >= 0.3 is 11.9 Å². The molecule has 8 heteroatoms. The predicted octanol–water partition coefficient (Wildman–Crippen LogP) is 8.96. The minimum Gasteiger partial charge on any atom is -0.423 e. The van der Waals surface area contributed by atoms with Crippen molar-refractivity contribution in [2.24, 2.45) is 22.2 Å². The van der Waals surface area contributed by atoms with E-state index in [1.807, 2.05) is 43.3 Å². The van der Waals surface area contributed by atoms with Crippen LogP contribution >= 0.6 is 11.8 Å². The van der Waals surface area contributed by atoms with Crippen molar-refractivity contribution in [3.8, 4) is 11.5 Å². The van der Waals surface area contributed by atoms with Gasteiger partial charge in [0.05, 0.1) is 5.25 Å². The lowest BCUT2D eigenvalue weighted by Gasteiger charge is -2.70. The van der Waals surface area contributed by atoms with Crippen LogP contribution in [0.5, 0.6) is 11.5 Å². The van der Waals surface area contributed by atoms with Crippen molar-refractivity contribution in [2.45, 2.75) is 123 Å². The molecular weight excluding hydrogens is 635 g/mol. The van der Waals surface area contributed by atoms with Gasteiger partial charge in [-0.25, -0.2) is 0 Å². The average molecular weight is 686 g/mol. The number of allylic oxidation sites excluding steroid dienone is 1. The highest BCUT2D eigenvalue weighted by molar-refractivity contribution is 8.14. The SMILES string of the molecule is CC(=O)N[C@]1(C)CC[C@]2(C)CC[C@]3(C)C4=CC(SC(=O)c5ccccc5)c5c(cc(OC(C)=O)c(OC(C)=O)c5C)[C@]4(C)CC[C@@]3(C)[C@@H]2C1. The summed E-state index contributed by atoms with van der Waals surface area (Å²) >= 11 is 1.29. The van der Waals surface area contributed by atoms with Gasteiger partial charge in [-0.2, -0.15) is 0 Å². The summed E-state index contributed by atoms with van der Waals surface area (Å²) in [6, 6.07) is 11.2. The normalized spacial score (nSPS) is 34.6. The molecule has 1 amide bonds. The van der Waals surface area contributed by atoms with Crippen molar-refractivity contribution >= 4 is 34.7 Å². The number of hydrogen-bond donors (Lipinski definition) is 1. The maximum Gasteiger partial charge on any atom is 0.308 e. The van der Waals surface area contributed by atoms with E-state index >= 15 is 0 Å². The number of esters is 2. The number of thioether (sulfide) groups is 1. The summed E-state index contributed by atoms with van der Waals surface area (Å²) in [5, 5.41) is 2.94. The number of amides is 1. The van der Waals surface area contributed by atoms with Crippen LogP contribution in [0, 0.1) is 29.1 Å². The van der Waals surface area contributed by atoms with Crippen molar-refractivity contribution in [3.05, 3.63) is 70.3 Å². The van der Waals surface area contributed by atoms with Crippen LogP contribution in [0.2, 0.25) is 0 Å². The summed E-state index contributed by atoms with van der Waals surface area (Å²) < 4.78 is 11.5. The molecule has 2 aromatic carbocycles. The van der Waals surface area contributed by atoms with Gasteiger partial charge in [-0.15, -0.1) is 0 Å². The van der Waals surface area contributed by atoms with Crippen molar-refractivity contribution in [2.75, 3.05) is 0 Å². The molecule has 1 unspecified atom stereocenters. The lowest BCUT2D eigenvalue weighted by atomic mass is 9.35. The monoisotopic (exact) mass is 685 g/mol. The lowest BCUT2D eigenvalue weighted by Crippen LogP contribution is -2.64. The maximum absolute atomic E-state index is 13.9. The minimum atomic E-state index is -0.510. The smallest absolute Gasteiger partial charge is 0.308 e. The van der Waals surface area contributed by atoms with Crippen molar-refractivity contribution in [3.63, 3.8) is 0 Å². The Kier molecular flexibility index (Phi) is 8.78. The Balaban J connectivity index is 1.54. The molecule has 6 rings (SSSR count). The summed E-state index contributed by atoms with van der Waals surface area (Å²) in [5.74, 6) is -0.147. The molecule has 2 aromatic rings. The number of carbonyl (C=O) groups excluding carboxylic acids is 4. The molecule has 3 saturated carbocycles. The Bertz CT molecular complexity index is 1770. The van der Waals surface area contributed by atoms with E-state index in [1.54, 1.807) is 6.92 Å². The zero-order valence-electron chi connectivity index (χ0n) is 30.5. The van der Waals surface area contributed by atoms with Gasteiger partial charge in [-0.05, 0) is 98.1 Å². The molecule has 0 aromatic heterocycles. The molecule has 49 heavy (non-hydrogen) atoms. The third kappa shape index (κ3) is 5.76. The average Bonchev–Trinajstić information content (AvgIpc) is 3.02. The second-order valence-corrected chi connectivity index (χ2v) is 17.6. The van der Waals surface area contributed by atoms with Crippen molar-refractivity contribution < 1.29 is 28.7 Å². The van der Waals surface area contributed by atoms with Crippen molar-refractivity contribution in [1.29, 1.82) is 0 Å². The lowest BCUT2D eigenvalue weighted by molar-refractivity contribution is -0.153. The number of hydrogen-bond acceptors (Lipinski definition) is 7. The summed E-state index contributed by atoms with van der Waals surface area (Å²) in [4.78, 5) is 51.0. The summed E-state index contributed by atoms with van der Waals surface area (Å²) in [5.41, 5.74) is 3.87. The van der Waals surface area contributed by atoms with Crippen LogP contribution in [-0.4, -0.2) is 28.5 Å². The van der Waals surface area contributed by atoms with E-state index in [0.29, 0.717) is 17.0 Å². The van der Waals surface area contributed by atoms with E-state index in [9.17, 15) is 19.2 Å². The first-order chi connectivity index (χ1) is 22.9. The first kappa shape index (κ1) is 35.4. The van der Waals surface area contributed by atoms with Gasteiger partial charge in [0, 0.05) is 42.9 Å². The Labute approximate surface area is 295 Å². The van der Waals surface area contributed by atoms with Gasteiger partial charge in [0.15, 0.2) is 11.5 Å². The summed E-state index contributed by atoms with van der Waals surface area (Å²) in [7, 11) is 0. The minimum absolute atomic E-state index is 0.0210. The van der Waals surface area contributed by atoms with Crippen LogP contribution in [0.3, 0.4) is 0 Å². The second kappa shape index (κ2) is 12.1. The number of nitrogens with one attached hydrogen (secondary N) is 1. The van der Waals surface area contributed by atoms with E-state index in [-0.39, 0.29) is 49.6 Å². The molecule has 0 aliphatic heterocycles. The number of fused-ring (bicyclic) bond motifs is 7. The van der Waals surface area contributed by atoms with E-state index in [4.69, 9.17) is 9.47 Å². The molecule has 0 spiro atoms. The topological polar surface area (TPSA) is 98.8 Å². The molecule has 4 aliphatic rings. The molecule has 0 heterocycles. The maximum atomic E-state index is 13.9. The zero-order valence-corrected chi connectivity index (χ0v) is 31.3. The Morgan fingerprint density at radius 3 is 2.12 bits per heavy atom. The van der Waals surface area contributed by atoms with Crippen LogP contribution in [0.1, 0.15) is 133 Å². The quantitative estimate of drug-likeness (QED) is 0.191.